The van der Waals surface area contributed by atoms with E-state index in [1.54, 1.807) is 6.26 Å². The maximum atomic E-state index is 5.61. The molecule has 1 fully saturated rings. The zero-order valence-electron chi connectivity index (χ0n) is 15.8. The SMILES string of the molecule is CN=C(NCCCOCc1ccco1)N1CCN(c2ccccc2)CC1.I. The first-order valence-corrected chi connectivity index (χ1v) is 9.22. The molecule has 6 nitrogen and oxygen atoms in total. The van der Waals surface area contributed by atoms with Gasteiger partial charge < -0.3 is 24.3 Å². The van der Waals surface area contributed by atoms with E-state index in [-0.39, 0.29) is 24.0 Å². The number of benzene rings is 1. The second-order valence-electron chi connectivity index (χ2n) is 6.27. The van der Waals surface area contributed by atoms with Gasteiger partial charge in [0, 0.05) is 52.1 Å². The largest absolute Gasteiger partial charge is 0.467 e. The number of furan rings is 1. The van der Waals surface area contributed by atoms with Crippen molar-refractivity contribution < 1.29 is 9.15 Å². The molecule has 1 aromatic carbocycles. The molecule has 1 saturated heterocycles. The molecule has 1 aromatic heterocycles. The van der Waals surface area contributed by atoms with E-state index in [4.69, 9.17) is 9.15 Å². The van der Waals surface area contributed by atoms with Gasteiger partial charge in [0.1, 0.15) is 12.4 Å². The molecule has 1 aliphatic heterocycles. The van der Waals surface area contributed by atoms with Crippen LogP contribution in [-0.2, 0) is 11.3 Å². The Morgan fingerprint density at radius 1 is 1.11 bits per heavy atom. The molecular weight excluding hydrogens is 455 g/mol. The Kier molecular flexibility index (Phi) is 9.47. The summed E-state index contributed by atoms with van der Waals surface area (Å²) in [5, 5.41) is 3.44. The Morgan fingerprint density at radius 2 is 1.89 bits per heavy atom. The van der Waals surface area contributed by atoms with Gasteiger partial charge in [-0.1, -0.05) is 18.2 Å². The highest BCUT2D eigenvalue weighted by Gasteiger charge is 2.19. The van der Waals surface area contributed by atoms with Crippen LogP contribution in [0.3, 0.4) is 0 Å². The standard InChI is InChI=1S/C20H28N4O2.HI/c1-21-20(22-10-6-15-25-17-19-9-5-16-26-19)24-13-11-23(12-14-24)18-7-3-2-4-8-18;/h2-5,7-9,16H,6,10-15,17H2,1H3,(H,21,22);1H. The highest BCUT2D eigenvalue weighted by Crippen LogP contribution is 2.15. The first-order chi connectivity index (χ1) is 12.9. The van der Waals surface area contributed by atoms with Gasteiger partial charge in [0.15, 0.2) is 5.96 Å². The van der Waals surface area contributed by atoms with Gasteiger partial charge in [-0.15, -0.1) is 24.0 Å². The number of piperazine rings is 1. The summed E-state index contributed by atoms with van der Waals surface area (Å²) in [4.78, 5) is 9.17. The highest BCUT2D eigenvalue weighted by atomic mass is 127. The van der Waals surface area contributed by atoms with E-state index in [9.17, 15) is 0 Å². The van der Waals surface area contributed by atoms with Gasteiger partial charge >= 0.3 is 0 Å². The molecule has 148 valence electrons. The number of hydrogen-bond acceptors (Lipinski definition) is 4. The molecule has 0 saturated carbocycles. The van der Waals surface area contributed by atoms with Crippen molar-refractivity contribution in [1.29, 1.82) is 0 Å². The molecule has 0 atom stereocenters. The minimum Gasteiger partial charge on any atom is -0.467 e. The number of rotatable bonds is 7. The highest BCUT2D eigenvalue weighted by molar-refractivity contribution is 14.0. The van der Waals surface area contributed by atoms with E-state index in [0.29, 0.717) is 13.2 Å². The topological polar surface area (TPSA) is 53.2 Å². The minimum atomic E-state index is 0. The number of anilines is 1. The fraction of sp³-hybridized carbons (Fsp3) is 0.450. The summed E-state index contributed by atoms with van der Waals surface area (Å²) in [6, 6.07) is 14.4. The van der Waals surface area contributed by atoms with Crippen LogP contribution in [0.5, 0.6) is 0 Å². The third-order valence-electron chi connectivity index (χ3n) is 4.49. The Balaban J connectivity index is 0.00000261. The first-order valence-electron chi connectivity index (χ1n) is 9.22. The predicted octanol–water partition coefficient (Wildman–Crippen LogP) is 3.20. The Labute approximate surface area is 178 Å². The average molecular weight is 484 g/mol. The molecule has 0 spiro atoms. The lowest BCUT2D eigenvalue weighted by molar-refractivity contribution is 0.104. The second-order valence-corrected chi connectivity index (χ2v) is 6.27. The van der Waals surface area contributed by atoms with Crippen LogP contribution < -0.4 is 10.2 Å². The number of halogens is 1. The second kappa shape index (κ2) is 11.9. The molecule has 2 heterocycles. The van der Waals surface area contributed by atoms with Crippen LogP contribution in [0, 0.1) is 0 Å². The molecule has 27 heavy (non-hydrogen) atoms. The summed E-state index contributed by atoms with van der Waals surface area (Å²) >= 11 is 0. The van der Waals surface area contributed by atoms with Crippen LogP contribution in [0.4, 0.5) is 5.69 Å². The lowest BCUT2D eigenvalue weighted by atomic mass is 10.2. The van der Waals surface area contributed by atoms with E-state index in [2.05, 4.69) is 50.4 Å². The van der Waals surface area contributed by atoms with Crippen LogP contribution in [-0.4, -0.2) is 57.2 Å². The van der Waals surface area contributed by atoms with Crippen molar-refractivity contribution in [1.82, 2.24) is 10.2 Å². The fourth-order valence-corrected chi connectivity index (χ4v) is 3.09. The molecule has 0 amide bonds. The maximum Gasteiger partial charge on any atom is 0.193 e. The van der Waals surface area contributed by atoms with Crippen LogP contribution in [0.15, 0.2) is 58.1 Å². The predicted molar refractivity (Wildman–Crippen MR) is 120 cm³/mol. The zero-order valence-corrected chi connectivity index (χ0v) is 18.2. The van der Waals surface area contributed by atoms with Gasteiger partial charge in [-0.3, -0.25) is 4.99 Å². The zero-order chi connectivity index (χ0) is 18.0. The molecule has 7 heteroatoms. The van der Waals surface area contributed by atoms with Crippen LogP contribution >= 0.6 is 24.0 Å². The van der Waals surface area contributed by atoms with Crippen molar-refractivity contribution in [2.45, 2.75) is 13.0 Å². The minimum absolute atomic E-state index is 0. The average Bonchev–Trinajstić information content (AvgIpc) is 3.22. The quantitative estimate of drug-likeness (QED) is 0.283. The smallest absolute Gasteiger partial charge is 0.193 e. The summed E-state index contributed by atoms with van der Waals surface area (Å²) in [6.07, 6.45) is 2.60. The van der Waals surface area contributed by atoms with Gasteiger partial charge in [-0.05, 0) is 30.7 Å². The van der Waals surface area contributed by atoms with Crippen molar-refractivity contribution in [3.05, 3.63) is 54.5 Å². The summed E-state index contributed by atoms with van der Waals surface area (Å²) in [7, 11) is 1.85. The van der Waals surface area contributed by atoms with Crippen molar-refractivity contribution in [2.75, 3.05) is 51.3 Å². The molecule has 0 aliphatic carbocycles. The van der Waals surface area contributed by atoms with Crippen LogP contribution in [0.1, 0.15) is 12.2 Å². The number of nitrogens with zero attached hydrogens (tertiary/aromatic N) is 3. The fourth-order valence-electron chi connectivity index (χ4n) is 3.09. The number of para-hydroxylation sites is 1. The number of aliphatic imine (C=N–C) groups is 1. The first kappa shape index (κ1) is 21.6. The van der Waals surface area contributed by atoms with Gasteiger partial charge in [-0.25, -0.2) is 0 Å². The molecular formula is C20H29IN4O2. The monoisotopic (exact) mass is 484 g/mol. The number of nitrogens with one attached hydrogen (secondary N) is 1. The van der Waals surface area contributed by atoms with Crippen molar-refractivity contribution in [2.24, 2.45) is 4.99 Å². The summed E-state index contributed by atoms with van der Waals surface area (Å²) < 4.78 is 10.9. The number of ether oxygens (including phenoxy) is 1. The Bertz CT molecular complexity index is 656. The summed E-state index contributed by atoms with van der Waals surface area (Å²) in [5.41, 5.74) is 1.30. The normalized spacial score (nSPS) is 14.8. The molecule has 2 aromatic rings. The third kappa shape index (κ3) is 6.73. The van der Waals surface area contributed by atoms with Crippen molar-refractivity contribution >= 4 is 35.6 Å². The third-order valence-corrected chi connectivity index (χ3v) is 4.49. The van der Waals surface area contributed by atoms with Gasteiger partial charge in [0.25, 0.3) is 0 Å². The molecule has 0 bridgehead atoms. The van der Waals surface area contributed by atoms with E-state index < -0.39 is 0 Å². The van der Waals surface area contributed by atoms with E-state index >= 15 is 0 Å². The van der Waals surface area contributed by atoms with E-state index in [0.717, 1.165) is 50.9 Å². The Morgan fingerprint density at radius 3 is 2.56 bits per heavy atom. The van der Waals surface area contributed by atoms with Gasteiger partial charge in [0.2, 0.25) is 0 Å². The molecule has 0 unspecified atom stereocenters. The summed E-state index contributed by atoms with van der Waals surface area (Å²) in [5.74, 6) is 1.84. The van der Waals surface area contributed by atoms with E-state index in [1.165, 1.54) is 5.69 Å². The molecule has 0 radical (unpaired) electrons. The molecule has 1 aliphatic rings. The van der Waals surface area contributed by atoms with Crippen molar-refractivity contribution in [3.8, 4) is 0 Å². The number of hydrogen-bond donors (Lipinski definition) is 1. The van der Waals surface area contributed by atoms with Gasteiger partial charge in [0.05, 0.1) is 6.26 Å². The van der Waals surface area contributed by atoms with Crippen LogP contribution in [0.25, 0.3) is 0 Å². The number of guanidine groups is 1. The summed E-state index contributed by atoms with van der Waals surface area (Å²) in [6.45, 7) is 6.06. The lowest BCUT2D eigenvalue weighted by Gasteiger charge is -2.37. The maximum absolute atomic E-state index is 5.61. The molecule has 3 rings (SSSR count). The van der Waals surface area contributed by atoms with E-state index in [1.807, 2.05) is 19.2 Å². The van der Waals surface area contributed by atoms with Crippen molar-refractivity contribution in [3.63, 3.8) is 0 Å². The van der Waals surface area contributed by atoms with Gasteiger partial charge in [-0.2, -0.15) is 0 Å². The lowest BCUT2D eigenvalue weighted by Crippen LogP contribution is -2.52. The Hall–Kier alpha value is -1.74. The molecule has 1 N–H and O–H groups in total. The van der Waals surface area contributed by atoms with Crippen LogP contribution in [0.2, 0.25) is 0 Å².